The first-order valence-corrected chi connectivity index (χ1v) is 16.9. The Kier molecular flexibility index (Phi) is 11.8. The van der Waals surface area contributed by atoms with Gasteiger partial charge in [-0.15, -0.1) is 0 Å². The van der Waals surface area contributed by atoms with E-state index in [0.717, 1.165) is 0 Å². The van der Waals surface area contributed by atoms with Crippen LogP contribution in [0.3, 0.4) is 0 Å². The van der Waals surface area contributed by atoms with Crippen molar-refractivity contribution < 1.29 is 36.3 Å². The van der Waals surface area contributed by atoms with Gasteiger partial charge in [0.15, 0.2) is 23.3 Å². The Morgan fingerprint density at radius 3 is 1.56 bits per heavy atom. The summed E-state index contributed by atoms with van der Waals surface area (Å²) in [5.74, 6) is -11.1. The molecule has 2 amide bonds. The number of carbonyl (C=O) groups is 2. The molecule has 3 rings (SSSR count). The molecule has 0 aliphatic carbocycles. The van der Waals surface area contributed by atoms with Gasteiger partial charge in [0, 0.05) is 0 Å². The van der Waals surface area contributed by atoms with Gasteiger partial charge in [0.25, 0.3) is 0 Å². The van der Waals surface area contributed by atoms with Crippen molar-refractivity contribution in [2.45, 2.75) is 72.3 Å². The van der Waals surface area contributed by atoms with E-state index in [9.17, 15) is 22.8 Å². The molecule has 0 heterocycles. The van der Waals surface area contributed by atoms with Crippen LogP contribution in [0.25, 0.3) is 0 Å². The lowest BCUT2D eigenvalue weighted by Gasteiger charge is -2.34. The van der Waals surface area contributed by atoms with Crippen molar-refractivity contribution in [3.63, 3.8) is 0 Å². The molecule has 0 bridgehead atoms. The van der Waals surface area contributed by atoms with Gasteiger partial charge in [-0.25, -0.2) is 26.7 Å². The minimum atomic E-state index is -3.07. The number of alkyl carbamates (subject to hydrolysis) is 1. The molecule has 2 atom stereocenters. The number of hydrogen-bond acceptors (Lipinski definition) is 3. The normalized spacial score (nSPS) is 13.5. The number of benzene rings is 3. The Hall–Kier alpha value is -3.52. The van der Waals surface area contributed by atoms with Crippen molar-refractivity contribution in [2.24, 2.45) is 11.8 Å². The fourth-order valence-electron chi connectivity index (χ4n) is 5.09. The second-order valence-electron chi connectivity index (χ2n) is 12.8. The maximum absolute atomic E-state index is 15.3. The topological polar surface area (TPSA) is 67.4 Å². The zero-order chi connectivity index (χ0) is 33.7. The molecule has 11 heteroatoms. The lowest BCUT2D eigenvalue weighted by molar-refractivity contribution is -0.125. The van der Waals surface area contributed by atoms with Crippen LogP contribution >= 0.6 is 7.26 Å². The average molecular weight is 652 g/mol. The molecule has 1 unspecified atom stereocenters. The molecule has 0 aromatic heterocycles. The van der Waals surface area contributed by atoms with Gasteiger partial charge in [-0.05, 0) is 56.9 Å². The Morgan fingerprint density at radius 2 is 1.16 bits per heavy atom. The average Bonchev–Trinajstić information content (AvgIpc) is 2.98. The first-order valence-electron chi connectivity index (χ1n) is 14.8. The second-order valence-corrected chi connectivity index (χ2v) is 16.4. The number of rotatable bonds is 11. The Bertz CT molecular complexity index is 1410. The Labute approximate surface area is 262 Å². The maximum Gasteiger partial charge on any atom is 0.408 e. The molecule has 0 saturated carbocycles. The van der Waals surface area contributed by atoms with Gasteiger partial charge < -0.3 is 15.4 Å². The SMILES string of the molecule is CC(C)C(NC(=O)OC(C)(C)C)C(=O)N[C@H](C[P+](Cc1c(F)c(F)c(F)c(F)c1F)(c1ccccc1)c1ccccc1)C(C)C. The molecule has 0 spiro atoms. The summed E-state index contributed by atoms with van der Waals surface area (Å²) in [5.41, 5.74) is -1.70. The van der Waals surface area contributed by atoms with Gasteiger partial charge >= 0.3 is 6.09 Å². The van der Waals surface area contributed by atoms with Crippen molar-refractivity contribution in [1.29, 1.82) is 0 Å². The van der Waals surface area contributed by atoms with Crippen LogP contribution in [0.2, 0.25) is 0 Å². The first-order chi connectivity index (χ1) is 21.0. The van der Waals surface area contributed by atoms with Gasteiger partial charge in [0.2, 0.25) is 11.7 Å². The highest BCUT2D eigenvalue weighted by atomic mass is 31.2. The Balaban J connectivity index is 2.16. The monoisotopic (exact) mass is 651 g/mol. The number of nitrogens with one attached hydrogen (secondary N) is 2. The molecule has 5 nitrogen and oxygen atoms in total. The molecule has 0 fully saturated rings. The molecule has 3 aromatic carbocycles. The minimum Gasteiger partial charge on any atom is -0.444 e. The van der Waals surface area contributed by atoms with E-state index in [1.54, 1.807) is 95.3 Å². The summed E-state index contributed by atoms with van der Waals surface area (Å²) in [4.78, 5) is 26.3. The van der Waals surface area contributed by atoms with E-state index in [1.807, 2.05) is 13.8 Å². The number of halogens is 5. The van der Waals surface area contributed by atoms with Gasteiger partial charge in [-0.1, -0.05) is 64.1 Å². The van der Waals surface area contributed by atoms with Crippen LogP contribution in [-0.4, -0.2) is 35.8 Å². The fraction of sp³-hybridized carbons (Fsp3) is 0.412. The third-order valence-corrected chi connectivity index (χ3v) is 11.9. The molecule has 0 aliphatic heterocycles. The zero-order valence-electron chi connectivity index (χ0n) is 26.6. The predicted octanol–water partition coefficient (Wildman–Crippen LogP) is 7.24. The standard InChI is InChI=1S/C34H40F5N2O3P/c1-20(2)25(40-32(42)31(21(3)4)41-33(43)44-34(5,6)7)19-45(22-14-10-8-11-15-22,23-16-12-9-13-17-23)18-24-26(35)28(37)30(39)29(38)27(24)36/h8-17,20-21,25,31H,18-19H2,1-7H3,(H-,40,41,42,43)/p+1/t25-,31?/m1/s1. The van der Waals surface area contributed by atoms with Crippen molar-refractivity contribution in [2.75, 3.05) is 6.16 Å². The lowest BCUT2D eigenvalue weighted by atomic mass is 10.0. The maximum atomic E-state index is 15.3. The van der Waals surface area contributed by atoms with Crippen LogP contribution in [0.1, 0.15) is 54.0 Å². The van der Waals surface area contributed by atoms with Crippen LogP contribution in [0.15, 0.2) is 60.7 Å². The molecule has 0 aliphatic rings. The summed E-state index contributed by atoms with van der Waals surface area (Å²) in [6.45, 7) is 12.4. The molecule has 244 valence electrons. The number of carbonyl (C=O) groups excluding carboxylic acids is 2. The number of ether oxygens (including phenoxy) is 1. The van der Waals surface area contributed by atoms with Gasteiger partial charge in [0.1, 0.15) is 11.6 Å². The highest BCUT2D eigenvalue weighted by Gasteiger charge is 2.48. The molecule has 2 N–H and O–H groups in total. The van der Waals surface area contributed by atoms with Gasteiger partial charge in [0.05, 0.1) is 41.8 Å². The van der Waals surface area contributed by atoms with Crippen molar-refractivity contribution in [3.05, 3.63) is 95.3 Å². The summed E-state index contributed by atoms with van der Waals surface area (Å²) in [5, 5.41) is 6.98. The smallest absolute Gasteiger partial charge is 0.408 e. The van der Waals surface area contributed by atoms with E-state index in [-0.39, 0.29) is 18.0 Å². The fourth-order valence-corrected chi connectivity index (χ4v) is 9.80. The van der Waals surface area contributed by atoms with E-state index in [2.05, 4.69) is 10.6 Å². The van der Waals surface area contributed by atoms with Crippen LogP contribution in [0.5, 0.6) is 0 Å². The Morgan fingerprint density at radius 1 is 0.711 bits per heavy atom. The van der Waals surface area contributed by atoms with Gasteiger partial charge in [-0.2, -0.15) is 0 Å². The molecule has 3 aromatic rings. The van der Waals surface area contributed by atoms with E-state index in [1.165, 1.54) is 0 Å². The van der Waals surface area contributed by atoms with E-state index < -0.39 is 77.8 Å². The summed E-state index contributed by atoms with van der Waals surface area (Å²) in [7, 11) is -3.07. The first kappa shape index (κ1) is 36.0. The summed E-state index contributed by atoms with van der Waals surface area (Å²) < 4.78 is 78.9. The summed E-state index contributed by atoms with van der Waals surface area (Å²) >= 11 is 0. The third kappa shape index (κ3) is 8.60. The van der Waals surface area contributed by atoms with Crippen molar-refractivity contribution in [1.82, 2.24) is 10.6 Å². The van der Waals surface area contributed by atoms with Crippen molar-refractivity contribution in [3.8, 4) is 0 Å². The summed E-state index contributed by atoms with van der Waals surface area (Å²) in [6, 6.07) is 16.0. The minimum absolute atomic E-state index is 0.126. The van der Waals surface area contributed by atoms with E-state index in [4.69, 9.17) is 4.74 Å². The second kappa shape index (κ2) is 14.7. The van der Waals surface area contributed by atoms with E-state index in [0.29, 0.717) is 10.6 Å². The molecule has 0 saturated heterocycles. The highest BCUT2D eigenvalue weighted by Crippen LogP contribution is 2.60. The lowest BCUT2D eigenvalue weighted by Crippen LogP contribution is -2.55. The summed E-state index contributed by atoms with van der Waals surface area (Å²) in [6.07, 6.45) is -1.13. The van der Waals surface area contributed by atoms with Crippen LogP contribution < -0.4 is 21.2 Å². The highest BCUT2D eigenvalue weighted by molar-refractivity contribution is 7.88. The molecule has 45 heavy (non-hydrogen) atoms. The molecular formula is C34H41F5N2O3P+. The largest absolute Gasteiger partial charge is 0.444 e. The number of amides is 2. The third-order valence-electron chi connectivity index (χ3n) is 7.49. The van der Waals surface area contributed by atoms with Gasteiger partial charge in [-0.3, -0.25) is 4.79 Å². The van der Waals surface area contributed by atoms with Crippen molar-refractivity contribution >= 4 is 29.9 Å². The van der Waals surface area contributed by atoms with Crippen LogP contribution in [0, 0.1) is 40.9 Å². The predicted molar refractivity (Wildman–Crippen MR) is 169 cm³/mol. The van der Waals surface area contributed by atoms with Crippen LogP contribution in [0.4, 0.5) is 26.7 Å². The molecular weight excluding hydrogens is 610 g/mol. The van der Waals surface area contributed by atoms with E-state index >= 15 is 8.78 Å². The zero-order valence-corrected chi connectivity index (χ0v) is 27.5. The quantitative estimate of drug-likeness (QED) is 0.0995. The van der Waals surface area contributed by atoms with Crippen LogP contribution in [-0.2, 0) is 15.7 Å². The molecule has 0 radical (unpaired) electrons. The number of hydrogen-bond donors (Lipinski definition) is 2.